The molecule has 1 aliphatic rings. The first kappa shape index (κ1) is 16.5. The lowest BCUT2D eigenvalue weighted by atomic mass is 10.2. The van der Waals surface area contributed by atoms with Crippen molar-refractivity contribution in [3.05, 3.63) is 66.1 Å². The number of aryl methyl sites for hydroxylation is 1. The monoisotopic (exact) mass is 348 g/mol. The van der Waals surface area contributed by atoms with Crippen molar-refractivity contribution in [3.8, 4) is 16.9 Å². The third-order valence-corrected chi connectivity index (χ3v) is 4.49. The van der Waals surface area contributed by atoms with E-state index in [-0.39, 0.29) is 5.91 Å². The van der Waals surface area contributed by atoms with Crippen LogP contribution in [0.2, 0.25) is 0 Å². The number of morpholine rings is 1. The molecule has 1 amide bonds. The van der Waals surface area contributed by atoms with E-state index in [9.17, 15) is 4.79 Å². The van der Waals surface area contributed by atoms with Crippen LogP contribution in [-0.2, 0) is 4.74 Å². The Morgan fingerprint density at radius 1 is 1.04 bits per heavy atom. The highest BCUT2D eigenvalue weighted by molar-refractivity contribution is 5.94. The van der Waals surface area contributed by atoms with Gasteiger partial charge in [-0.1, -0.05) is 17.7 Å². The third-order valence-electron chi connectivity index (χ3n) is 4.49. The van der Waals surface area contributed by atoms with E-state index in [1.165, 1.54) is 5.56 Å². The summed E-state index contributed by atoms with van der Waals surface area (Å²) in [5.41, 5.74) is 4.52. The Balaban J connectivity index is 1.52. The zero-order chi connectivity index (χ0) is 17.9. The minimum absolute atomic E-state index is 0.00250. The summed E-state index contributed by atoms with van der Waals surface area (Å²) in [6.07, 6.45) is 5.36. The molecule has 0 saturated carbocycles. The number of amides is 1. The molecule has 2 aromatic heterocycles. The van der Waals surface area contributed by atoms with Gasteiger partial charge < -0.3 is 9.64 Å². The van der Waals surface area contributed by atoms with Gasteiger partial charge in [-0.25, -0.2) is 4.68 Å². The summed E-state index contributed by atoms with van der Waals surface area (Å²) < 4.78 is 7.11. The number of pyridine rings is 1. The lowest BCUT2D eigenvalue weighted by molar-refractivity contribution is 0.0302. The fourth-order valence-corrected chi connectivity index (χ4v) is 2.93. The van der Waals surface area contributed by atoms with Crippen molar-refractivity contribution in [1.29, 1.82) is 0 Å². The predicted molar refractivity (Wildman–Crippen MR) is 98.3 cm³/mol. The van der Waals surface area contributed by atoms with Gasteiger partial charge in [0.15, 0.2) is 0 Å². The van der Waals surface area contributed by atoms with E-state index in [4.69, 9.17) is 4.74 Å². The van der Waals surface area contributed by atoms with Crippen LogP contribution in [0.3, 0.4) is 0 Å². The summed E-state index contributed by atoms with van der Waals surface area (Å²) >= 11 is 0. The fourth-order valence-electron chi connectivity index (χ4n) is 2.93. The lowest BCUT2D eigenvalue weighted by Crippen LogP contribution is -2.40. The van der Waals surface area contributed by atoms with E-state index < -0.39 is 0 Å². The average Bonchev–Trinajstić information content (AvgIpc) is 3.19. The largest absolute Gasteiger partial charge is 0.378 e. The van der Waals surface area contributed by atoms with Gasteiger partial charge in [0, 0.05) is 31.0 Å². The second-order valence-corrected chi connectivity index (χ2v) is 6.35. The SMILES string of the molecule is Cc1ccc(-n2cc(-c3ccc(C(=O)N4CCOCC4)cn3)cn2)cc1. The Kier molecular flexibility index (Phi) is 4.50. The van der Waals surface area contributed by atoms with Crippen molar-refractivity contribution in [2.24, 2.45) is 0 Å². The highest BCUT2D eigenvalue weighted by atomic mass is 16.5. The number of ether oxygens (including phenoxy) is 1. The molecule has 26 heavy (non-hydrogen) atoms. The van der Waals surface area contributed by atoms with Crippen LogP contribution in [-0.4, -0.2) is 51.9 Å². The van der Waals surface area contributed by atoms with E-state index in [0.717, 1.165) is 16.9 Å². The van der Waals surface area contributed by atoms with E-state index in [1.807, 2.05) is 35.1 Å². The highest BCUT2D eigenvalue weighted by Gasteiger charge is 2.18. The molecule has 0 bridgehead atoms. The maximum atomic E-state index is 12.5. The van der Waals surface area contributed by atoms with Crippen LogP contribution in [0.4, 0.5) is 0 Å². The van der Waals surface area contributed by atoms with Crippen LogP contribution in [0.25, 0.3) is 16.9 Å². The molecule has 0 N–H and O–H groups in total. The number of aromatic nitrogens is 3. The van der Waals surface area contributed by atoms with Crippen molar-refractivity contribution in [2.75, 3.05) is 26.3 Å². The van der Waals surface area contributed by atoms with Gasteiger partial charge in [-0.2, -0.15) is 5.10 Å². The minimum atomic E-state index is 0.00250. The van der Waals surface area contributed by atoms with Crippen molar-refractivity contribution in [2.45, 2.75) is 6.92 Å². The first-order valence-electron chi connectivity index (χ1n) is 8.66. The molecule has 0 atom stereocenters. The maximum absolute atomic E-state index is 12.5. The second kappa shape index (κ2) is 7.09. The summed E-state index contributed by atoms with van der Waals surface area (Å²) in [6.45, 7) is 4.50. The van der Waals surface area contributed by atoms with Crippen molar-refractivity contribution in [3.63, 3.8) is 0 Å². The minimum Gasteiger partial charge on any atom is -0.378 e. The van der Waals surface area contributed by atoms with E-state index in [0.29, 0.717) is 31.9 Å². The number of nitrogens with zero attached hydrogens (tertiary/aromatic N) is 4. The number of hydrogen-bond acceptors (Lipinski definition) is 4. The van der Waals surface area contributed by atoms with Crippen LogP contribution in [0.5, 0.6) is 0 Å². The van der Waals surface area contributed by atoms with Crippen LogP contribution in [0.1, 0.15) is 15.9 Å². The number of carbonyl (C=O) groups is 1. The van der Waals surface area contributed by atoms with Gasteiger partial charge >= 0.3 is 0 Å². The van der Waals surface area contributed by atoms with Crippen molar-refractivity contribution < 1.29 is 9.53 Å². The highest BCUT2D eigenvalue weighted by Crippen LogP contribution is 2.19. The van der Waals surface area contributed by atoms with Crippen molar-refractivity contribution >= 4 is 5.91 Å². The Bertz CT molecular complexity index is 894. The molecule has 3 aromatic rings. The van der Waals surface area contributed by atoms with Gasteiger partial charge in [0.2, 0.25) is 0 Å². The van der Waals surface area contributed by atoms with Gasteiger partial charge in [-0.15, -0.1) is 0 Å². The van der Waals surface area contributed by atoms with E-state index in [2.05, 4.69) is 29.1 Å². The standard InChI is InChI=1S/C20H20N4O2/c1-15-2-5-18(6-3-15)24-14-17(13-22-24)19-7-4-16(12-21-19)20(25)23-8-10-26-11-9-23/h2-7,12-14H,8-11H2,1H3. The molecule has 3 heterocycles. The molecule has 0 spiro atoms. The fraction of sp³-hybridized carbons (Fsp3) is 0.250. The molecule has 132 valence electrons. The molecule has 0 unspecified atom stereocenters. The van der Waals surface area contributed by atoms with Crippen molar-refractivity contribution in [1.82, 2.24) is 19.7 Å². The Morgan fingerprint density at radius 3 is 2.50 bits per heavy atom. The zero-order valence-electron chi connectivity index (χ0n) is 14.6. The van der Waals surface area contributed by atoms with E-state index >= 15 is 0 Å². The van der Waals surface area contributed by atoms with Gasteiger partial charge in [0.1, 0.15) is 0 Å². The molecule has 6 nitrogen and oxygen atoms in total. The van der Waals surface area contributed by atoms with Crippen LogP contribution >= 0.6 is 0 Å². The van der Waals surface area contributed by atoms with Gasteiger partial charge in [0.05, 0.1) is 36.4 Å². The number of carbonyl (C=O) groups excluding carboxylic acids is 1. The average molecular weight is 348 g/mol. The van der Waals surface area contributed by atoms with Gasteiger partial charge in [-0.3, -0.25) is 9.78 Å². The topological polar surface area (TPSA) is 60.2 Å². The molecule has 1 aliphatic heterocycles. The molecule has 1 fully saturated rings. The zero-order valence-corrected chi connectivity index (χ0v) is 14.6. The summed E-state index contributed by atoms with van der Waals surface area (Å²) in [5.74, 6) is 0.00250. The number of hydrogen-bond donors (Lipinski definition) is 0. The summed E-state index contributed by atoms with van der Waals surface area (Å²) in [5, 5.41) is 4.41. The predicted octanol–water partition coefficient (Wildman–Crippen LogP) is 2.72. The number of rotatable bonds is 3. The summed E-state index contributed by atoms with van der Waals surface area (Å²) in [7, 11) is 0. The molecule has 4 rings (SSSR count). The Hall–Kier alpha value is -2.99. The van der Waals surface area contributed by atoms with Gasteiger partial charge in [-0.05, 0) is 31.2 Å². The molecule has 6 heteroatoms. The van der Waals surface area contributed by atoms with Crippen LogP contribution < -0.4 is 0 Å². The maximum Gasteiger partial charge on any atom is 0.255 e. The molecule has 0 radical (unpaired) electrons. The molecular formula is C20H20N4O2. The normalized spacial score (nSPS) is 14.4. The van der Waals surface area contributed by atoms with Crippen LogP contribution in [0.15, 0.2) is 55.0 Å². The van der Waals surface area contributed by atoms with Gasteiger partial charge in [0.25, 0.3) is 5.91 Å². The van der Waals surface area contributed by atoms with E-state index in [1.54, 1.807) is 17.3 Å². The smallest absolute Gasteiger partial charge is 0.255 e. The quantitative estimate of drug-likeness (QED) is 0.730. The number of benzene rings is 1. The third kappa shape index (κ3) is 3.36. The Labute approximate surface area is 152 Å². The van der Waals surface area contributed by atoms with Crippen LogP contribution in [0, 0.1) is 6.92 Å². The Morgan fingerprint density at radius 2 is 1.81 bits per heavy atom. The first-order chi connectivity index (χ1) is 12.7. The second-order valence-electron chi connectivity index (χ2n) is 6.35. The first-order valence-corrected chi connectivity index (χ1v) is 8.66. The molecular weight excluding hydrogens is 328 g/mol. The molecule has 1 aromatic carbocycles. The molecule has 0 aliphatic carbocycles. The summed E-state index contributed by atoms with van der Waals surface area (Å²) in [4.78, 5) is 18.7. The molecule has 1 saturated heterocycles. The lowest BCUT2D eigenvalue weighted by Gasteiger charge is -2.26. The summed E-state index contributed by atoms with van der Waals surface area (Å²) in [6, 6.07) is 11.9.